The summed E-state index contributed by atoms with van der Waals surface area (Å²) in [7, 11) is 1.20. The predicted octanol–water partition coefficient (Wildman–Crippen LogP) is 5.27. The van der Waals surface area contributed by atoms with Crippen molar-refractivity contribution in [2.24, 2.45) is 0 Å². The van der Waals surface area contributed by atoms with Crippen molar-refractivity contribution in [3.05, 3.63) is 55.5 Å². The Hall–Kier alpha value is -1.25. The standard InChI is InChI=1S/C12H5Cl4NO5S/c13-8-3-6(17(18)19)1-2-11(8)22-12-9(14)4-7(5-10(12)15)23(16,20)21/h1-5H. The summed E-state index contributed by atoms with van der Waals surface area (Å²) in [5.74, 6) is -0.00398. The van der Waals surface area contributed by atoms with Crippen LogP contribution in [-0.4, -0.2) is 13.3 Å². The van der Waals surface area contributed by atoms with Crippen LogP contribution in [-0.2, 0) is 9.05 Å². The molecule has 6 nitrogen and oxygen atoms in total. The van der Waals surface area contributed by atoms with E-state index in [1.165, 1.54) is 12.1 Å². The molecule has 0 spiro atoms. The van der Waals surface area contributed by atoms with E-state index in [9.17, 15) is 18.5 Å². The first-order valence-corrected chi connectivity index (χ1v) is 9.09. The van der Waals surface area contributed by atoms with Gasteiger partial charge in [0.15, 0.2) is 5.75 Å². The molecule has 0 N–H and O–H groups in total. The van der Waals surface area contributed by atoms with Gasteiger partial charge in [-0.05, 0) is 18.2 Å². The molecule has 0 aliphatic carbocycles. The highest BCUT2D eigenvalue weighted by atomic mass is 35.7. The Labute approximate surface area is 150 Å². The Kier molecular flexibility index (Phi) is 5.27. The van der Waals surface area contributed by atoms with Crippen LogP contribution < -0.4 is 4.74 Å². The number of halogens is 4. The fraction of sp³-hybridized carbons (Fsp3) is 0. The van der Waals surface area contributed by atoms with E-state index in [2.05, 4.69) is 0 Å². The third kappa shape index (κ3) is 4.19. The Bertz CT molecular complexity index is 877. The number of ether oxygens (including phenoxy) is 1. The van der Waals surface area contributed by atoms with Gasteiger partial charge in [0.1, 0.15) is 5.75 Å². The van der Waals surface area contributed by atoms with E-state index in [-0.39, 0.29) is 37.1 Å². The molecule has 0 aliphatic rings. The first-order valence-electron chi connectivity index (χ1n) is 5.65. The molecular weight excluding hydrogens is 412 g/mol. The van der Waals surface area contributed by atoms with Gasteiger partial charge in [-0.25, -0.2) is 8.42 Å². The number of hydrogen-bond acceptors (Lipinski definition) is 5. The van der Waals surface area contributed by atoms with Crippen molar-refractivity contribution in [3.8, 4) is 11.5 Å². The van der Waals surface area contributed by atoms with E-state index in [4.69, 9.17) is 50.2 Å². The van der Waals surface area contributed by atoms with Gasteiger partial charge in [0.2, 0.25) is 0 Å². The summed E-state index contributed by atoms with van der Waals surface area (Å²) in [4.78, 5) is 9.75. The molecule has 0 amide bonds. The van der Waals surface area contributed by atoms with E-state index < -0.39 is 14.0 Å². The minimum atomic E-state index is -4.01. The SMILES string of the molecule is O=[N+]([O-])c1ccc(Oc2c(Cl)cc(S(=O)(=O)Cl)cc2Cl)c(Cl)c1. The zero-order chi connectivity index (χ0) is 17.4. The van der Waals surface area contributed by atoms with Crippen molar-refractivity contribution in [3.63, 3.8) is 0 Å². The van der Waals surface area contributed by atoms with Crippen LogP contribution in [0.3, 0.4) is 0 Å². The summed E-state index contributed by atoms with van der Waals surface area (Å²) in [5.41, 5.74) is -0.219. The summed E-state index contributed by atoms with van der Waals surface area (Å²) in [5, 5.41) is 10.4. The summed E-state index contributed by atoms with van der Waals surface area (Å²) in [6, 6.07) is 5.66. The van der Waals surface area contributed by atoms with E-state index in [0.29, 0.717) is 0 Å². The van der Waals surface area contributed by atoms with Crippen molar-refractivity contribution < 1.29 is 18.1 Å². The fourth-order valence-corrected chi connectivity index (χ4v) is 3.26. The maximum atomic E-state index is 11.3. The second-order valence-corrected chi connectivity index (χ2v) is 7.92. The summed E-state index contributed by atoms with van der Waals surface area (Å²) in [6.45, 7) is 0. The molecule has 0 saturated heterocycles. The van der Waals surface area contributed by atoms with E-state index in [1.807, 2.05) is 0 Å². The lowest BCUT2D eigenvalue weighted by Gasteiger charge is -2.11. The van der Waals surface area contributed by atoms with Gasteiger partial charge < -0.3 is 4.74 Å². The summed E-state index contributed by atoms with van der Waals surface area (Å²) >= 11 is 17.8. The molecule has 0 heterocycles. The lowest BCUT2D eigenvalue weighted by Crippen LogP contribution is -1.94. The van der Waals surface area contributed by atoms with Gasteiger partial charge in [-0.1, -0.05) is 34.8 Å². The molecule has 122 valence electrons. The largest absolute Gasteiger partial charge is 0.453 e. The molecule has 0 fully saturated rings. The quantitative estimate of drug-likeness (QED) is 0.384. The van der Waals surface area contributed by atoms with Gasteiger partial charge in [-0.2, -0.15) is 0 Å². The van der Waals surface area contributed by atoms with Gasteiger partial charge in [-0.3, -0.25) is 10.1 Å². The minimum Gasteiger partial charge on any atom is -0.453 e. The van der Waals surface area contributed by atoms with Crippen LogP contribution in [0.25, 0.3) is 0 Å². The second kappa shape index (κ2) is 6.70. The second-order valence-electron chi connectivity index (χ2n) is 4.13. The van der Waals surface area contributed by atoms with Crippen molar-refractivity contribution in [1.29, 1.82) is 0 Å². The predicted molar refractivity (Wildman–Crippen MR) is 87.7 cm³/mol. The van der Waals surface area contributed by atoms with E-state index >= 15 is 0 Å². The molecule has 2 aromatic rings. The van der Waals surface area contributed by atoms with Gasteiger partial charge in [0.25, 0.3) is 14.7 Å². The average molecular weight is 417 g/mol. The van der Waals surface area contributed by atoms with Crippen molar-refractivity contribution >= 4 is 60.2 Å². The normalized spacial score (nSPS) is 11.3. The molecule has 23 heavy (non-hydrogen) atoms. The number of nitro groups is 1. The van der Waals surface area contributed by atoms with Gasteiger partial charge in [0.05, 0.1) is 24.9 Å². The minimum absolute atomic E-state index is 0.0413. The zero-order valence-electron chi connectivity index (χ0n) is 10.8. The third-order valence-electron chi connectivity index (χ3n) is 2.59. The van der Waals surface area contributed by atoms with Gasteiger partial charge in [0, 0.05) is 22.8 Å². The number of benzene rings is 2. The molecule has 0 radical (unpaired) electrons. The number of nitro benzene ring substituents is 1. The lowest BCUT2D eigenvalue weighted by molar-refractivity contribution is -0.384. The molecule has 0 bridgehead atoms. The summed E-state index contributed by atoms with van der Waals surface area (Å²) in [6.07, 6.45) is 0. The topological polar surface area (TPSA) is 86.5 Å². The smallest absolute Gasteiger partial charge is 0.271 e. The molecule has 0 unspecified atom stereocenters. The number of nitrogens with zero attached hydrogens (tertiary/aromatic N) is 1. The number of non-ortho nitro benzene ring substituents is 1. The third-order valence-corrected chi connectivity index (χ3v) is 4.78. The molecule has 0 saturated carbocycles. The number of hydrogen-bond donors (Lipinski definition) is 0. The van der Waals surface area contributed by atoms with Crippen molar-refractivity contribution in [2.75, 3.05) is 0 Å². The van der Waals surface area contributed by atoms with Crippen molar-refractivity contribution in [1.82, 2.24) is 0 Å². The molecule has 2 aromatic carbocycles. The molecular formula is C12H5Cl4NO5S. The summed E-state index contributed by atoms with van der Waals surface area (Å²) < 4.78 is 28.0. The highest BCUT2D eigenvalue weighted by Crippen LogP contribution is 2.41. The van der Waals surface area contributed by atoms with Crippen LogP contribution in [0, 0.1) is 10.1 Å². The van der Waals surface area contributed by atoms with Crippen LogP contribution in [0.5, 0.6) is 11.5 Å². The maximum Gasteiger partial charge on any atom is 0.271 e. The monoisotopic (exact) mass is 415 g/mol. The molecule has 0 aromatic heterocycles. The Morgan fingerprint density at radius 1 is 1.00 bits per heavy atom. The first-order chi connectivity index (χ1) is 10.6. The zero-order valence-corrected chi connectivity index (χ0v) is 14.6. The van der Waals surface area contributed by atoms with Crippen LogP contribution in [0.2, 0.25) is 15.1 Å². The van der Waals surface area contributed by atoms with Gasteiger partial charge >= 0.3 is 0 Å². The molecule has 0 atom stereocenters. The average Bonchev–Trinajstić information content (AvgIpc) is 2.42. The Balaban J connectivity index is 2.43. The highest BCUT2D eigenvalue weighted by molar-refractivity contribution is 8.13. The van der Waals surface area contributed by atoms with Crippen LogP contribution >= 0.6 is 45.5 Å². The Morgan fingerprint density at radius 2 is 1.57 bits per heavy atom. The lowest BCUT2D eigenvalue weighted by atomic mass is 10.3. The first kappa shape index (κ1) is 18.1. The maximum absolute atomic E-state index is 11.3. The number of rotatable bonds is 4. The fourth-order valence-electron chi connectivity index (χ4n) is 1.57. The van der Waals surface area contributed by atoms with E-state index in [0.717, 1.165) is 18.2 Å². The van der Waals surface area contributed by atoms with Gasteiger partial charge in [-0.15, -0.1) is 0 Å². The van der Waals surface area contributed by atoms with Crippen molar-refractivity contribution in [2.45, 2.75) is 4.90 Å². The molecule has 2 rings (SSSR count). The molecule has 0 aliphatic heterocycles. The van der Waals surface area contributed by atoms with E-state index in [1.54, 1.807) is 0 Å². The Morgan fingerprint density at radius 3 is 2.00 bits per heavy atom. The molecule has 11 heteroatoms. The van der Waals surface area contributed by atoms with Crippen LogP contribution in [0.15, 0.2) is 35.2 Å². The van der Waals surface area contributed by atoms with Crippen LogP contribution in [0.4, 0.5) is 5.69 Å². The highest BCUT2D eigenvalue weighted by Gasteiger charge is 2.19. The van der Waals surface area contributed by atoms with Crippen LogP contribution in [0.1, 0.15) is 0 Å².